The van der Waals surface area contributed by atoms with Crippen LogP contribution in [0.2, 0.25) is 0 Å². The Labute approximate surface area is 218 Å². The van der Waals surface area contributed by atoms with Crippen molar-refractivity contribution in [3.63, 3.8) is 0 Å². The molecule has 0 amide bonds. The average molecular weight is 519 g/mol. The first kappa shape index (κ1) is 28.1. The summed E-state index contributed by atoms with van der Waals surface area (Å²) in [6.07, 6.45) is 4.78. The third-order valence-electron chi connectivity index (χ3n) is 6.24. The van der Waals surface area contributed by atoms with Gasteiger partial charge in [-0.25, -0.2) is 9.59 Å². The highest BCUT2D eigenvalue weighted by Crippen LogP contribution is 2.30. The van der Waals surface area contributed by atoms with Crippen molar-refractivity contribution in [1.29, 1.82) is 0 Å². The normalized spacial score (nSPS) is 16.3. The first-order chi connectivity index (χ1) is 18.4. The van der Waals surface area contributed by atoms with E-state index in [1.165, 1.54) is 12.2 Å². The molecule has 1 aliphatic rings. The number of ketones is 2. The van der Waals surface area contributed by atoms with Crippen LogP contribution in [-0.2, 0) is 51.1 Å². The lowest BCUT2D eigenvalue weighted by molar-refractivity contribution is -0.154. The Morgan fingerprint density at radius 3 is 1.71 bits per heavy atom. The summed E-state index contributed by atoms with van der Waals surface area (Å²) in [5.41, 5.74) is 2.22. The van der Waals surface area contributed by atoms with E-state index in [9.17, 15) is 28.8 Å². The molecule has 0 saturated heterocycles. The molecule has 38 heavy (non-hydrogen) atoms. The Morgan fingerprint density at radius 2 is 1.18 bits per heavy atom. The van der Waals surface area contributed by atoms with Crippen LogP contribution in [0.4, 0.5) is 11.4 Å². The van der Waals surface area contributed by atoms with Gasteiger partial charge in [-0.15, -0.1) is 0 Å². The molecular formula is C28H26N2O8. The Balaban J connectivity index is 1.34. The van der Waals surface area contributed by atoms with Crippen molar-refractivity contribution in [2.45, 2.75) is 38.5 Å². The maximum absolute atomic E-state index is 12.5. The number of Topliss-reactive ketones (excluding diaryl/α,β-unsaturated/α-hetero) is 2. The maximum Gasteiger partial charge on any atom is 0.310 e. The SMILES string of the molecule is O=C=Nc1ccc(CC(=O)COC(=O)C2CCC(C(=O)COC(=O)Cc3ccc(N=C=O)cc3)CC2)cc1. The highest BCUT2D eigenvalue weighted by molar-refractivity contribution is 5.86. The van der Waals surface area contributed by atoms with Crippen LogP contribution in [-0.4, -0.2) is 48.9 Å². The van der Waals surface area contributed by atoms with Crippen LogP contribution < -0.4 is 0 Å². The highest BCUT2D eigenvalue weighted by Gasteiger charge is 2.31. The van der Waals surface area contributed by atoms with Gasteiger partial charge in [0.15, 0.2) is 11.6 Å². The van der Waals surface area contributed by atoms with E-state index in [-0.39, 0.29) is 49.5 Å². The van der Waals surface area contributed by atoms with Gasteiger partial charge in [0.2, 0.25) is 12.2 Å². The number of hydrogen-bond donors (Lipinski definition) is 0. The molecule has 0 N–H and O–H groups in total. The average Bonchev–Trinajstić information content (AvgIpc) is 2.93. The molecule has 0 unspecified atom stereocenters. The third kappa shape index (κ3) is 8.85. The first-order valence-electron chi connectivity index (χ1n) is 12.1. The largest absolute Gasteiger partial charge is 0.457 e. The first-order valence-corrected chi connectivity index (χ1v) is 12.1. The molecule has 10 heteroatoms. The van der Waals surface area contributed by atoms with Crippen LogP contribution in [0.5, 0.6) is 0 Å². The van der Waals surface area contributed by atoms with E-state index in [1.54, 1.807) is 48.5 Å². The summed E-state index contributed by atoms with van der Waals surface area (Å²) < 4.78 is 10.3. The van der Waals surface area contributed by atoms with E-state index in [1.807, 2.05) is 0 Å². The Bertz CT molecular complexity index is 1150. The molecular weight excluding hydrogens is 492 g/mol. The van der Waals surface area contributed by atoms with Gasteiger partial charge in [-0.2, -0.15) is 9.98 Å². The molecule has 0 atom stereocenters. The van der Waals surface area contributed by atoms with E-state index >= 15 is 0 Å². The van der Waals surface area contributed by atoms with Crippen molar-refractivity contribution in [3.8, 4) is 0 Å². The number of nitrogens with zero attached hydrogens (tertiary/aromatic N) is 2. The Hall–Kier alpha value is -4.52. The molecule has 0 heterocycles. The summed E-state index contributed by atoms with van der Waals surface area (Å²) in [6, 6.07) is 12.9. The number of aliphatic imine (C=N–C) groups is 2. The molecule has 10 nitrogen and oxygen atoms in total. The zero-order valence-electron chi connectivity index (χ0n) is 20.6. The fraction of sp³-hybridized carbons (Fsp3) is 0.357. The Morgan fingerprint density at radius 1 is 0.684 bits per heavy atom. The highest BCUT2D eigenvalue weighted by atomic mass is 16.5. The second kappa shape index (κ2) is 14.3. The van der Waals surface area contributed by atoms with E-state index < -0.39 is 11.9 Å². The van der Waals surface area contributed by atoms with Crippen molar-refractivity contribution >= 4 is 47.0 Å². The summed E-state index contributed by atoms with van der Waals surface area (Å²) >= 11 is 0. The van der Waals surface area contributed by atoms with Crippen LogP contribution >= 0.6 is 0 Å². The molecule has 0 aliphatic heterocycles. The molecule has 196 valence electrons. The number of ether oxygens (including phenoxy) is 2. The topological polar surface area (TPSA) is 146 Å². The number of carbonyl (C=O) groups excluding carboxylic acids is 6. The van der Waals surface area contributed by atoms with Crippen LogP contribution in [0, 0.1) is 11.8 Å². The minimum atomic E-state index is -0.544. The van der Waals surface area contributed by atoms with E-state index in [0.717, 1.165) is 0 Å². The van der Waals surface area contributed by atoms with Crippen molar-refractivity contribution in [3.05, 3.63) is 59.7 Å². The van der Waals surface area contributed by atoms with Gasteiger partial charge in [-0.3, -0.25) is 19.2 Å². The fourth-order valence-corrected chi connectivity index (χ4v) is 4.17. The van der Waals surface area contributed by atoms with Gasteiger partial charge in [0.1, 0.15) is 13.2 Å². The predicted molar refractivity (Wildman–Crippen MR) is 133 cm³/mol. The summed E-state index contributed by atoms with van der Waals surface area (Å²) in [6.45, 7) is -0.669. The van der Waals surface area contributed by atoms with Crippen molar-refractivity contribution in [2.24, 2.45) is 21.8 Å². The molecule has 0 bridgehead atoms. The molecule has 3 rings (SSSR count). The third-order valence-corrected chi connectivity index (χ3v) is 6.24. The molecule has 1 saturated carbocycles. The molecule has 1 fully saturated rings. The second-order valence-corrected chi connectivity index (χ2v) is 8.91. The summed E-state index contributed by atoms with van der Waals surface area (Å²) in [5, 5.41) is 0. The lowest BCUT2D eigenvalue weighted by Gasteiger charge is -2.26. The van der Waals surface area contributed by atoms with E-state index in [2.05, 4.69) is 9.98 Å². The maximum atomic E-state index is 12.5. The number of carbonyl (C=O) groups is 4. The van der Waals surface area contributed by atoms with Crippen molar-refractivity contribution in [2.75, 3.05) is 13.2 Å². The van der Waals surface area contributed by atoms with Crippen molar-refractivity contribution in [1.82, 2.24) is 0 Å². The smallest absolute Gasteiger partial charge is 0.310 e. The van der Waals surface area contributed by atoms with Crippen molar-refractivity contribution < 1.29 is 38.2 Å². The van der Waals surface area contributed by atoms with Gasteiger partial charge >= 0.3 is 11.9 Å². The second-order valence-electron chi connectivity index (χ2n) is 8.91. The van der Waals surface area contributed by atoms with Gasteiger partial charge in [0.25, 0.3) is 0 Å². The summed E-state index contributed by atoms with van der Waals surface area (Å²) in [7, 11) is 0. The van der Waals surface area contributed by atoms with Crippen LogP contribution in [0.3, 0.4) is 0 Å². The number of esters is 2. The molecule has 1 aliphatic carbocycles. The van der Waals surface area contributed by atoms with E-state index in [4.69, 9.17) is 9.47 Å². The number of hydrogen-bond acceptors (Lipinski definition) is 10. The summed E-state index contributed by atoms with van der Waals surface area (Å²) in [4.78, 5) is 76.6. The van der Waals surface area contributed by atoms with E-state index in [0.29, 0.717) is 48.2 Å². The molecule has 2 aromatic carbocycles. The minimum absolute atomic E-state index is 0.0182. The molecule has 0 radical (unpaired) electrons. The van der Waals surface area contributed by atoms with Gasteiger partial charge in [0, 0.05) is 12.3 Å². The number of isocyanates is 2. The van der Waals surface area contributed by atoms with Gasteiger partial charge in [-0.05, 0) is 61.1 Å². The van der Waals surface area contributed by atoms with Gasteiger partial charge in [0.05, 0.1) is 23.7 Å². The lowest BCUT2D eigenvalue weighted by atomic mass is 9.80. The van der Waals surface area contributed by atoms with Gasteiger partial charge < -0.3 is 9.47 Å². The zero-order chi connectivity index (χ0) is 27.3. The quantitative estimate of drug-likeness (QED) is 0.236. The predicted octanol–water partition coefficient (Wildman–Crippen LogP) is 3.44. The minimum Gasteiger partial charge on any atom is -0.457 e. The fourth-order valence-electron chi connectivity index (χ4n) is 4.17. The monoisotopic (exact) mass is 518 g/mol. The Kier molecular flexibility index (Phi) is 10.5. The number of rotatable bonds is 12. The van der Waals surface area contributed by atoms with Crippen LogP contribution in [0.15, 0.2) is 58.5 Å². The standard InChI is InChI=1S/C28H26N2O8/c31-17-29-23-9-1-19(2-10-23)13-25(33)15-38-28(36)22-7-5-21(6-8-22)26(34)16-37-27(35)14-20-3-11-24(12-4-20)30-18-32/h1-4,9-12,21-22H,5-8,13-16H2. The zero-order valence-corrected chi connectivity index (χ0v) is 20.6. The van der Waals surface area contributed by atoms with Crippen LogP contribution in [0.25, 0.3) is 0 Å². The molecule has 0 aromatic heterocycles. The summed E-state index contributed by atoms with van der Waals surface area (Å²) in [5.74, 6) is -2.16. The van der Waals surface area contributed by atoms with Crippen LogP contribution in [0.1, 0.15) is 36.8 Å². The van der Waals surface area contributed by atoms with Gasteiger partial charge in [-0.1, -0.05) is 24.3 Å². The molecule has 2 aromatic rings. The number of benzene rings is 2. The molecule has 0 spiro atoms. The lowest BCUT2D eigenvalue weighted by Crippen LogP contribution is -2.30.